The van der Waals surface area contributed by atoms with Crippen LogP contribution in [0.25, 0.3) is 0 Å². The number of thiophene rings is 1. The average Bonchev–Trinajstić information content (AvgIpc) is 2.68. The normalized spacial score (nSPS) is 12.2. The quantitative estimate of drug-likeness (QED) is 0.631. The molecule has 0 saturated carbocycles. The van der Waals surface area contributed by atoms with Gasteiger partial charge in [-0.1, -0.05) is 17.7 Å². The van der Waals surface area contributed by atoms with Gasteiger partial charge in [-0.05, 0) is 44.5 Å². The van der Waals surface area contributed by atoms with Crippen LogP contribution in [0.4, 0.5) is 11.4 Å². The van der Waals surface area contributed by atoms with E-state index in [4.69, 9.17) is 11.6 Å². The van der Waals surface area contributed by atoms with Gasteiger partial charge < -0.3 is 5.32 Å². The monoisotopic (exact) mass is 310 g/mol. The first-order valence-electron chi connectivity index (χ1n) is 6.16. The highest BCUT2D eigenvalue weighted by molar-refractivity contribution is 7.12. The zero-order valence-corrected chi connectivity index (χ0v) is 13.0. The van der Waals surface area contributed by atoms with Gasteiger partial charge in [-0.25, -0.2) is 0 Å². The first-order valence-corrected chi connectivity index (χ1v) is 7.36. The van der Waals surface area contributed by atoms with Gasteiger partial charge in [0, 0.05) is 15.8 Å². The summed E-state index contributed by atoms with van der Waals surface area (Å²) in [5.74, 6) is 0. The first kappa shape index (κ1) is 14.8. The van der Waals surface area contributed by atoms with Crippen LogP contribution in [-0.2, 0) is 0 Å². The molecular weight excluding hydrogens is 296 g/mol. The lowest BCUT2D eigenvalue weighted by molar-refractivity contribution is -0.383. The number of aryl methyl sites for hydroxylation is 2. The second kappa shape index (κ2) is 5.81. The van der Waals surface area contributed by atoms with E-state index in [2.05, 4.69) is 25.2 Å². The number of halogens is 1. The summed E-state index contributed by atoms with van der Waals surface area (Å²) in [6.07, 6.45) is 0. The summed E-state index contributed by atoms with van der Waals surface area (Å²) in [4.78, 5) is 13.1. The second-order valence-electron chi connectivity index (χ2n) is 4.63. The molecule has 1 aromatic heterocycles. The molecule has 2 rings (SSSR count). The van der Waals surface area contributed by atoms with Gasteiger partial charge in [-0.2, -0.15) is 0 Å². The van der Waals surface area contributed by atoms with E-state index >= 15 is 0 Å². The summed E-state index contributed by atoms with van der Waals surface area (Å²) in [5, 5.41) is 14.4. The van der Waals surface area contributed by atoms with Crippen LogP contribution in [-0.4, -0.2) is 4.92 Å². The number of rotatable bonds is 4. The van der Waals surface area contributed by atoms with Gasteiger partial charge >= 0.3 is 5.69 Å². The molecule has 0 bridgehead atoms. The van der Waals surface area contributed by atoms with E-state index < -0.39 is 4.92 Å². The standard InChI is InChI=1S/C14H15ClN2O2S/c1-8-7-11(10(3)20-8)9(2)16-13-6-4-5-12(15)14(13)17(18)19/h4-7,9,16H,1-3H3. The van der Waals surface area contributed by atoms with Crippen molar-refractivity contribution in [2.45, 2.75) is 26.8 Å². The van der Waals surface area contributed by atoms with Crippen LogP contribution in [0.3, 0.4) is 0 Å². The second-order valence-corrected chi connectivity index (χ2v) is 6.50. The molecule has 20 heavy (non-hydrogen) atoms. The number of nitrogens with zero attached hydrogens (tertiary/aromatic N) is 1. The molecule has 1 unspecified atom stereocenters. The molecule has 1 heterocycles. The van der Waals surface area contributed by atoms with Crippen LogP contribution in [0.15, 0.2) is 24.3 Å². The Kier molecular flexibility index (Phi) is 4.30. The Morgan fingerprint density at radius 1 is 1.40 bits per heavy atom. The maximum absolute atomic E-state index is 11.1. The van der Waals surface area contributed by atoms with Gasteiger partial charge in [0.1, 0.15) is 10.7 Å². The molecule has 0 radical (unpaired) electrons. The molecule has 4 nitrogen and oxygen atoms in total. The molecule has 106 valence electrons. The summed E-state index contributed by atoms with van der Waals surface area (Å²) in [7, 11) is 0. The van der Waals surface area contributed by atoms with Crippen LogP contribution in [0.1, 0.15) is 28.3 Å². The first-order chi connectivity index (χ1) is 9.40. The van der Waals surface area contributed by atoms with Gasteiger partial charge in [0.05, 0.1) is 4.92 Å². The number of nitro benzene ring substituents is 1. The fourth-order valence-electron chi connectivity index (χ4n) is 2.21. The van der Waals surface area contributed by atoms with Crippen molar-refractivity contribution in [3.05, 3.63) is 54.7 Å². The van der Waals surface area contributed by atoms with Crippen molar-refractivity contribution in [3.8, 4) is 0 Å². The van der Waals surface area contributed by atoms with E-state index in [1.807, 2.05) is 6.92 Å². The van der Waals surface area contributed by atoms with Gasteiger partial charge in [-0.15, -0.1) is 11.3 Å². The van der Waals surface area contributed by atoms with Gasteiger partial charge in [0.25, 0.3) is 0 Å². The van der Waals surface area contributed by atoms with E-state index in [1.54, 1.807) is 23.5 Å². The van der Waals surface area contributed by atoms with Crippen LogP contribution < -0.4 is 5.32 Å². The van der Waals surface area contributed by atoms with Crippen LogP contribution in [0.5, 0.6) is 0 Å². The Bertz CT molecular complexity index is 655. The summed E-state index contributed by atoms with van der Waals surface area (Å²) < 4.78 is 0. The van der Waals surface area contributed by atoms with Crippen molar-refractivity contribution in [2.24, 2.45) is 0 Å². The van der Waals surface area contributed by atoms with Crippen molar-refractivity contribution in [3.63, 3.8) is 0 Å². The summed E-state index contributed by atoms with van der Waals surface area (Å²) in [6, 6.07) is 6.99. The third-order valence-electron chi connectivity index (χ3n) is 3.09. The van der Waals surface area contributed by atoms with Gasteiger partial charge in [-0.3, -0.25) is 10.1 Å². The van der Waals surface area contributed by atoms with E-state index in [1.165, 1.54) is 15.8 Å². The number of anilines is 1. The number of nitrogens with one attached hydrogen (secondary N) is 1. The van der Waals surface area contributed by atoms with Crippen molar-refractivity contribution in [1.29, 1.82) is 0 Å². The van der Waals surface area contributed by atoms with Crippen LogP contribution in [0.2, 0.25) is 5.02 Å². The fourth-order valence-corrected chi connectivity index (χ4v) is 3.47. The number of benzene rings is 1. The Morgan fingerprint density at radius 3 is 2.65 bits per heavy atom. The fraction of sp³-hybridized carbons (Fsp3) is 0.286. The minimum absolute atomic E-state index is 0.0166. The Hall–Kier alpha value is -1.59. The van der Waals surface area contributed by atoms with E-state index in [0.717, 1.165) is 5.56 Å². The molecule has 0 aliphatic rings. The van der Waals surface area contributed by atoms with Crippen molar-refractivity contribution < 1.29 is 4.92 Å². The maximum Gasteiger partial charge on any atom is 0.310 e. The third-order valence-corrected chi connectivity index (χ3v) is 4.37. The smallest absolute Gasteiger partial charge is 0.310 e. The third kappa shape index (κ3) is 2.94. The van der Waals surface area contributed by atoms with Crippen LogP contribution in [0, 0.1) is 24.0 Å². The lowest BCUT2D eigenvalue weighted by Gasteiger charge is -2.15. The van der Waals surface area contributed by atoms with Crippen molar-refractivity contribution in [2.75, 3.05) is 5.32 Å². The minimum Gasteiger partial charge on any atom is -0.373 e. The molecule has 0 aliphatic heterocycles. The van der Waals surface area contributed by atoms with Gasteiger partial charge in [0.2, 0.25) is 0 Å². The summed E-state index contributed by atoms with van der Waals surface area (Å²) in [6.45, 7) is 6.09. The topological polar surface area (TPSA) is 55.2 Å². The van der Waals surface area contributed by atoms with E-state index in [-0.39, 0.29) is 16.8 Å². The zero-order chi connectivity index (χ0) is 14.9. The number of hydrogen-bond acceptors (Lipinski definition) is 4. The molecule has 6 heteroatoms. The van der Waals surface area contributed by atoms with Crippen molar-refractivity contribution >= 4 is 34.3 Å². The zero-order valence-electron chi connectivity index (χ0n) is 11.4. The molecule has 0 aliphatic carbocycles. The molecule has 1 N–H and O–H groups in total. The van der Waals surface area contributed by atoms with Crippen molar-refractivity contribution in [1.82, 2.24) is 0 Å². The van der Waals surface area contributed by atoms with E-state index in [9.17, 15) is 10.1 Å². The largest absolute Gasteiger partial charge is 0.373 e. The highest BCUT2D eigenvalue weighted by atomic mass is 35.5. The Morgan fingerprint density at radius 2 is 2.10 bits per heavy atom. The number of para-hydroxylation sites is 1. The highest BCUT2D eigenvalue weighted by Crippen LogP contribution is 2.35. The Labute approximate surface area is 126 Å². The molecule has 0 spiro atoms. The molecule has 0 fully saturated rings. The highest BCUT2D eigenvalue weighted by Gasteiger charge is 2.20. The Balaban J connectivity index is 2.33. The van der Waals surface area contributed by atoms with E-state index in [0.29, 0.717) is 5.69 Å². The summed E-state index contributed by atoms with van der Waals surface area (Å²) >= 11 is 7.63. The predicted octanol–water partition coefficient (Wildman–Crippen LogP) is 5.10. The number of nitro groups is 1. The molecule has 2 aromatic rings. The average molecular weight is 311 g/mol. The molecule has 1 atom stereocenters. The predicted molar refractivity (Wildman–Crippen MR) is 83.9 cm³/mol. The summed E-state index contributed by atoms with van der Waals surface area (Å²) in [5.41, 5.74) is 1.52. The molecule has 1 aromatic carbocycles. The molecule has 0 amide bonds. The maximum atomic E-state index is 11.1. The van der Waals surface area contributed by atoms with Crippen LogP contribution >= 0.6 is 22.9 Å². The SMILES string of the molecule is Cc1cc(C(C)Nc2cccc(Cl)c2[N+](=O)[O-])c(C)s1. The minimum atomic E-state index is -0.455. The molecular formula is C14H15ClN2O2S. The molecule has 0 saturated heterocycles. The lowest BCUT2D eigenvalue weighted by atomic mass is 10.1. The lowest BCUT2D eigenvalue weighted by Crippen LogP contribution is -2.08. The van der Waals surface area contributed by atoms with Gasteiger partial charge in [0.15, 0.2) is 0 Å². The number of hydrogen-bond donors (Lipinski definition) is 1.